The molecule has 1 saturated heterocycles. The van der Waals surface area contributed by atoms with Crippen molar-refractivity contribution in [2.24, 2.45) is 0 Å². The van der Waals surface area contributed by atoms with E-state index in [4.69, 9.17) is 16.3 Å². The second-order valence-corrected chi connectivity index (χ2v) is 6.41. The van der Waals surface area contributed by atoms with Crippen molar-refractivity contribution in [3.63, 3.8) is 0 Å². The Hall–Kier alpha value is -2.05. The average Bonchev–Trinajstić information content (AvgIpc) is 2.91. The van der Waals surface area contributed by atoms with Crippen LogP contribution in [0.15, 0.2) is 30.5 Å². The zero-order chi connectivity index (χ0) is 17.3. The number of hydrogen-bond donors (Lipinski definition) is 1. The molecule has 1 aliphatic heterocycles. The number of amides is 2. The molecule has 1 aromatic heterocycles. The van der Waals surface area contributed by atoms with Crippen molar-refractivity contribution in [1.29, 1.82) is 0 Å². The van der Waals surface area contributed by atoms with Crippen molar-refractivity contribution in [3.8, 4) is 5.69 Å². The Morgan fingerprint density at radius 1 is 1.42 bits per heavy atom. The fraction of sp³-hybridized carbons (Fsp3) is 0.412. The van der Waals surface area contributed by atoms with Crippen LogP contribution in [0, 0.1) is 6.92 Å². The summed E-state index contributed by atoms with van der Waals surface area (Å²) in [4.78, 5) is 14.4. The summed E-state index contributed by atoms with van der Waals surface area (Å²) in [5, 5.41) is 7.95. The van der Waals surface area contributed by atoms with E-state index in [2.05, 4.69) is 10.4 Å². The quantitative estimate of drug-likeness (QED) is 0.904. The predicted molar refractivity (Wildman–Crippen MR) is 93.9 cm³/mol. The normalized spacial score (nSPS) is 20.9. The van der Waals surface area contributed by atoms with Gasteiger partial charge >= 0.3 is 6.03 Å². The minimum Gasteiger partial charge on any atom is -0.375 e. The summed E-state index contributed by atoms with van der Waals surface area (Å²) in [6.45, 7) is 7.02. The van der Waals surface area contributed by atoms with Crippen LogP contribution in [-0.4, -0.2) is 46.0 Å². The molecular weight excluding hydrogens is 328 g/mol. The number of ether oxygens (including phenoxy) is 1. The van der Waals surface area contributed by atoms with Gasteiger partial charge in [-0.15, -0.1) is 0 Å². The highest BCUT2D eigenvalue weighted by molar-refractivity contribution is 6.30. The first-order valence-corrected chi connectivity index (χ1v) is 8.35. The number of halogens is 1. The zero-order valence-electron chi connectivity index (χ0n) is 14.0. The molecule has 24 heavy (non-hydrogen) atoms. The molecule has 1 fully saturated rings. The average molecular weight is 349 g/mol. The number of anilines is 1. The highest BCUT2D eigenvalue weighted by atomic mass is 35.5. The Morgan fingerprint density at radius 2 is 2.21 bits per heavy atom. The molecule has 1 aliphatic rings. The number of carbonyl (C=O) groups excluding carboxylic acids is 1. The van der Waals surface area contributed by atoms with Crippen LogP contribution in [0.5, 0.6) is 0 Å². The lowest BCUT2D eigenvalue weighted by atomic mass is 10.1. The number of carbonyl (C=O) groups is 1. The molecule has 0 bridgehead atoms. The predicted octanol–water partition coefficient (Wildman–Crippen LogP) is 3.48. The van der Waals surface area contributed by atoms with Crippen LogP contribution in [0.3, 0.4) is 0 Å². The van der Waals surface area contributed by atoms with Crippen molar-refractivity contribution in [2.75, 3.05) is 18.5 Å². The molecule has 0 aliphatic carbocycles. The summed E-state index contributed by atoms with van der Waals surface area (Å²) >= 11 is 6.04. The smallest absolute Gasteiger partial charge is 0.322 e. The van der Waals surface area contributed by atoms with Gasteiger partial charge in [0.25, 0.3) is 0 Å². The van der Waals surface area contributed by atoms with Gasteiger partial charge in [0, 0.05) is 11.6 Å². The Labute approximate surface area is 146 Å². The van der Waals surface area contributed by atoms with Crippen LogP contribution in [0.2, 0.25) is 5.02 Å². The van der Waals surface area contributed by atoms with Gasteiger partial charge in [-0.3, -0.25) is 0 Å². The van der Waals surface area contributed by atoms with Crippen molar-refractivity contribution < 1.29 is 9.53 Å². The molecular formula is C17H21ClN4O2. The first kappa shape index (κ1) is 16.8. The lowest BCUT2D eigenvalue weighted by Crippen LogP contribution is -2.52. The molecule has 1 N–H and O–H groups in total. The maximum Gasteiger partial charge on any atom is 0.322 e. The minimum atomic E-state index is -0.133. The fourth-order valence-corrected chi connectivity index (χ4v) is 2.99. The van der Waals surface area contributed by atoms with Crippen LogP contribution in [-0.2, 0) is 4.74 Å². The van der Waals surface area contributed by atoms with Gasteiger partial charge < -0.3 is 15.0 Å². The summed E-state index contributed by atoms with van der Waals surface area (Å²) in [7, 11) is 0. The van der Waals surface area contributed by atoms with Crippen LogP contribution in [0.4, 0.5) is 10.5 Å². The SMILES string of the molecule is Cc1c(NC(=O)N2CCO[C@@H](C)[C@H]2C)cnn1-c1cccc(Cl)c1. The first-order valence-electron chi connectivity index (χ1n) is 7.97. The van der Waals surface area contributed by atoms with Crippen molar-refractivity contribution >= 4 is 23.3 Å². The van der Waals surface area contributed by atoms with Crippen molar-refractivity contribution in [2.45, 2.75) is 32.9 Å². The number of nitrogens with one attached hydrogen (secondary N) is 1. The van der Waals surface area contributed by atoms with Gasteiger partial charge in [-0.25, -0.2) is 9.48 Å². The molecule has 2 heterocycles. The van der Waals surface area contributed by atoms with E-state index in [-0.39, 0.29) is 18.2 Å². The highest BCUT2D eigenvalue weighted by Crippen LogP contribution is 2.22. The summed E-state index contributed by atoms with van der Waals surface area (Å²) in [6.07, 6.45) is 1.68. The molecule has 0 unspecified atom stereocenters. The van der Waals surface area contributed by atoms with Gasteiger partial charge in [0.05, 0.1) is 42.0 Å². The van der Waals surface area contributed by atoms with E-state index in [1.165, 1.54) is 0 Å². The Morgan fingerprint density at radius 3 is 2.96 bits per heavy atom. The molecule has 2 amide bonds. The van der Waals surface area contributed by atoms with Gasteiger partial charge in [-0.2, -0.15) is 5.10 Å². The second-order valence-electron chi connectivity index (χ2n) is 5.98. The number of morpholine rings is 1. The molecule has 7 heteroatoms. The van der Waals surface area contributed by atoms with E-state index >= 15 is 0 Å². The summed E-state index contributed by atoms with van der Waals surface area (Å²) in [5.74, 6) is 0. The maximum atomic E-state index is 12.6. The molecule has 128 valence electrons. The summed E-state index contributed by atoms with van der Waals surface area (Å²) in [5.41, 5.74) is 2.39. The number of hydrogen-bond acceptors (Lipinski definition) is 3. The topological polar surface area (TPSA) is 59.4 Å². The lowest BCUT2D eigenvalue weighted by molar-refractivity contribution is -0.0355. The summed E-state index contributed by atoms with van der Waals surface area (Å²) < 4.78 is 7.32. The third kappa shape index (κ3) is 3.25. The van der Waals surface area contributed by atoms with E-state index in [1.807, 2.05) is 45.0 Å². The monoisotopic (exact) mass is 348 g/mol. The third-order valence-electron chi connectivity index (χ3n) is 4.45. The van der Waals surface area contributed by atoms with Crippen LogP contribution in [0.25, 0.3) is 5.69 Å². The van der Waals surface area contributed by atoms with Gasteiger partial charge in [0.15, 0.2) is 0 Å². The number of aromatic nitrogens is 2. The molecule has 0 spiro atoms. The molecule has 2 atom stereocenters. The van der Waals surface area contributed by atoms with E-state index in [9.17, 15) is 4.79 Å². The molecule has 6 nitrogen and oxygen atoms in total. The van der Waals surface area contributed by atoms with E-state index in [0.29, 0.717) is 23.9 Å². The van der Waals surface area contributed by atoms with E-state index in [1.54, 1.807) is 15.8 Å². The largest absolute Gasteiger partial charge is 0.375 e. The maximum absolute atomic E-state index is 12.6. The number of benzene rings is 1. The highest BCUT2D eigenvalue weighted by Gasteiger charge is 2.29. The Balaban J connectivity index is 1.78. The standard InChI is InChI=1S/C17H21ClN4O2/c1-11-13(3)24-8-7-21(11)17(23)20-16-10-19-22(12(16)2)15-6-4-5-14(18)9-15/h4-6,9-11,13H,7-8H2,1-3H3,(H,20,23)/t11-,13+/m1/s1. The lowest BCUT2D eigenvalue weighted by Gasteiger charge is -2.37. The van der Waals surface area contributed by atoms with Crippen LogP contribution >= 0.6 is 11.6 Å². The molecule has 0 saturated carbocycles. The van der Waals surface area contributed by atoms with Crippen molar-refractivity contribution in [3.05, 3.63) is 41.2 Å². The van der Waals surface area contributed by atoms with Gasteiger partial charge in [0.2, 0.25) is 0 Å². The first-order chi connectivity index (χ1) is 11.5. The third-order valence-corrected chi connectivity index (χ3v) is 4.68. The van der Waals surface area contributed by atoms with E-state index < -0.39 is 0 Å². The molecule has 0 radical (unpaired) electrons. The minimum absolute atomic E-state index is 0.0276. The number of nitrogens with zero attached hydrogens (tertiary/aromatic N) is 3. The molecule has 2 aromatic rings. The van der Waals surface area contributed by atoms with Gasteiger partial charge in [0.1, 0.15) is 0 Å². The fourth-order valence-electron chi connectivity index (χ4n) is 2.81. The van der Waals surface area contributed by atoms with Gasteiger partial charge in [-0.1, -0.05) is 17.7 Å². The van der Waals surface area contributed by atoms with Crippen LogP contribution < -0.4 is 5.32 Å². The van der Waals surface area contributed by atoms with Crippen LogP contribution in [0.1, 0.15) is 19.5 Å². The molecule has 1 aromatic carbocycles. The Bertz CT molecular complexity index is 746. The number of urea groups is 1. The second kappa shape index (κ2) is 6.83. The van der Waals surface area contributed by atoms with E-state index in [0.717, 1.165) is 11.4 Å². The van der Waals surface area contributed by atoms with Gasteiger partial charge in [-0.05, 0) is 39.0 Å². The van der Waals surface area contributed by atoms with Crippen molar-refractivity contribution in [1.82, 2.24) is 14.7 Å². The number of rotatable bonds is 2. The zero-order valence-corrected chi connectivity index (χ0v) is 14.7. The molecule has 3 rings (SSSR count). The Kier molecular flexibility index (Phi) is 4.78. The summed E-state index contributed by atoms with van der Waals surface area (Å²) in [6, 6.07) is 7.33.